The van der Waals surface area contributed by atoms with Gasteiger partial charge in [0.05, 0.1) is 19.3 Å². The smallest absolute Gasteiger partial charge is 0.249 e. The highest BCUT2D eigenvalue weighted by Gasteiger charge is 2.26. The number of carbonyl (C=O) groups is 1. The van der Waals surface area contributed by atoms with Crippen LogP contribution in [0, 0.1) is 0 Å². The molecule has 2 saturated heterocycles. The van der Waals surface area contributed by atoms with Crippen LogP contribution in [0.3, 0.4) is 0 Å². The molecule has 0 aromatic rings. The molecule has 2 rings (SSSR count). The zero-order chi connectivity index (χ0) is 9.10. The van der Waals surface area contributed by atoms with Crippen LogP contribution in [-0.4, -0.2) is 37.9 Å². The van der Waals surface area contributed by atoms with E-state index < -0.39 is 0 Å². The fraction of sp³-hybridized carbons (Fsp3) is 0.889. The molecule has 0 aromatic carbocycles. The summed E-state index contributed by atoms with van der Waals surface area (Å²) < 4.78 is 10.3. The third kappa shape index (κ3) is 2.19. The minimum atomic E-state index is -0.214. The maximum atomic E-state index is 11.5. The molecule has 4 nitrogen and oxygen atoms in total. The standard InChI is InChI=1S/C9H15NO3/c11-9(10-7-5-12-6-7)8-3-1-2-4-13-8/h7-8H,1-6H2,(H,10,11). The van der Waals surface area contributed by atoms with Crippen molar-refractivity contribution in [3.8, 4) is 0 Å². The Morgan fingerprint density at radius 1 is 1.31 bits per heavy atom. The van der Waals surface area contributed by atoms with Gasteiger partial charge in [-0.1, -0.05) is 0 Å². The van der Waals surface area contributed by atoms with Gasteiger partial charge in [0.25, 0.3) is 0 Å². The predicted molar refractivity (Wildman–Crippen MR) is 46.3 cm³/mol. The molecule has 1 unspecified atom stereocenters. The van der Waals surface area contributed by atoms with Gasteiger partial charge in [0.15, 0.2) is 0 Å². The summed E-state index contributed by atoms with van der Waals surface area (Å²) in [5.74, 6) is 0.0352. The average molecular weight is 185 g/mol. The molecular formula is C9H15NO3. The first-order chi connectivity index (χ1) is 6.36. The lowest BCUT2D eigenvalue weighted by atomic mass is 10.1. The fourth-order valence-electron chi connectivity index (χ4n) is 1.56. The molecule has 1 N–H and O–H groups in total. The zero-order valence-electron chi connectivity index (χ0n) is 7.62. The van der Waals surface area contributed by atoms with E-state index in [0.29, 0.717) is 13.2 Å². The molecule has 0 bridgehead atoms. The topological polar surface area (TPSA) is 47.6 Å². The molecule has 13 heavy (non-hydrogen) atoms. The van der Waals surface area contributed by atoms with Gasteiger partial charge in [-0.05, 0) is 19.3 Å². The molecule has 0 aliphatic carbocycles. The van der Waals surface area contributed by atoms with Crippen molar-refractivity contribution in [3.63, 3.8) is 0 Å². The molecule has 1 amide bonds. The molecule has 0 saturated carbocycles. The molecule has 74 valence electrons. The lowest BCUT2D eigenvalue weighted by Gasteiger charge is -2.29. The van der Waals surface area contributed by atoms with E-state index in [2.05, 4.69) is 5.32 Å². The van der Waals surface area contributed by atoms with Crippen molar-refractivity contribution >= 4 is 5.91 Å². The second-order valence-electron chi connectivity index (χ2n) is 3.60. The van der Waals surface area contributed by atoms with Gasteiger partial charge in [-0.15, -0.1) is 0 Å². The Morgan fingerprint density at radius 2 is 2.15 bits per heavy atom. The average Bonchev–Trinajstić information content (AvgIpc) is 2.12. The quantitative estimate of drug-likeness (QED) is 0.662. The lowest BCUT2D eigenvalue weighted by Crippen LogP contribution is -2.52. The first kappa shape index (κ1) is 8.97. The van der Waals surface area contributed by atoms with E-state index in [-0.39, 0.29) is 18.1 Å². The van der Waals surface area contributed by atoms with E-state index in [4.69, 9.17) is 9.47 Å². The van der Waals surface area contributed by atoms with Gasteiger partial charge in [0.2, 0.25) is 5.91 Å². The van der Waals surface area contributed by atoms with Crippen molar-refractivity contribution in [2.45, 2.75) is 31.4 Å². The van der Waals surface area contributed by atoms with Crippen molar-refractivity contribution in [1.29, 1.82) is 0 Å². The number of carbonyl (C=O) groups excluding carboxylic acids is 1. The SMILES string of the molecule is O=C(NC1COC1)C1CCCCO1. The van der Waals surface area contributed by atoms with Gasteiger partial charge >= 0.3 is 0 Å². The maximum Gasteiger partial charge on any atom is 0.249 e. The van der Waals surface area contributed by atoms with Crippen LogP contribution in [0.15, 0.2) is 0 Å². The molecule has 4 heteroatoms. The van der Waals surface area contributed by atoms with Gasteiger partial charge in [0.1, 0.15) is 6.10 Å². The van der Waals surface area contributed by atoms with Crippen molar-refractivity contribution in [2.75, 3.05) is 19.8 Å². The van der Waals surface area contributed by atoms with Gasteiger partial charge < -0.3 is 14.8 Å². The van der Waals surface area contributed by atoms with Crippen LogP contribution in [0.5, 0.6) is 0 Å². The maximum absolute atomic E-state index is 11.5. The highest BCUT2D eigenvalue weighted by molar-refractivity contribution is 5.81. The highest BCUT2D eigenvalue weighted by Crippen LogP contribution is 2.13. The van der Waals surface area contributed by atoms with Gasteiger partial charge in [-0.3, -0.25) is 4.79 Å². The number of amides is 1. The summed E-state index contributed by atoms with van der Waals surface area (Å²) in [7, 11) is 0. The van der Waals surface area contributed by atoms with Crippen molar-refractivity contribution in [3.05, 3.63) is 0 Å². The summed E-state index contributed by atoms with van der Waals surface area (Å²) in [4.78, 5) is 11.5. The third-order valence-corrected chi connectivity index (χ3v) is 2.46. The Kier molecular flexibility index (Phi) is 2.80. The minimum absolute atomic E-state index is 0.0352. The van der Waals surface area contributed by atoms with Crippen molar-refractivity contribution in [1.82, 2.24) is 5.32 Å². The molecule has 0 spiro atoms. The second-order valence-corrected chi connectivity index (χ2v) is 3.60. The summed E-state index contributed by atoms with van der Waals surface area (Å²) in [6.45, 7) is 2.02. The Bertz CT molecular complexity index is 185. The van der Waals surface area contributed by atoms with Crippen LogP contribution in [-0.2, 0) is 14.3 Å². The van der Waals surface area contributed by atoms with Crippen LogP contribution in [0.4, 0.5) is 0 Å². The highest BCUT2D eigenvalue weighted by atomic mass is 16.5. The molecule has 2 aliphatic heterocycles. The van der Waals surface area contributed by atoms with Crippen molar-refractivity contribution in [2.24, 2.45) is 0 Å². The fourth-order valence-corrected chi connectivity index (χ4v) is 1.56. The van der Waals surface area contributed by atoms with E-state index in [1.807, 2.05) is 0 Å². The van der Waals surface area contributed by atoms with Crippen LogP contribution >= 0.6 is 0 Å². The van der Waals surface area contributed by atoms with E-state index >= 15 is 0 Å². The van der Waals surface area contributed by atoms with Crippen LogP contribution in [0.2, 0.25) is 0 Å². The van der Waals surface area contributed by atoms with E-state index in [9.17, 15) is 4.79 Å². The van der Waals surface area contributed by atoms with E-state index in [1.165, 1.54) is 0 Å². The lowest BCUT2D eigenvalue weighted by molar-refractivity contribution is -0.139. The van der Waals surface area contributed by atoms with Gasteiger partial charge in [-0.2, -0.15) is 0 Å². The number of hydrogen-bond acceptors (Lipinski definition) is 3. The zero-order valence-corrected chi connectivity index (χ0v) is 7.62. The number of rotatable bonds is 2. The van der Waals surface area contributed by atoms with Gasteiger partial charge in [0, 0.05) is 6.61 Å². The number of nitrogens with one attached hydrogen (secondary N) is 1. The van der Waals surface area contributed by atoms with E-state index in [0.717, 1.165) is 25.9 Å². The Hall–Kier alpha value is -0.610. The molecular weight excluding hydrogens is 170 g/mol. The summed E-state index contributed by atoms with van der Waals surface area (Å²) in [5, 5.41) is 2.90. The minimum Gasteiger partial charge on any atom is -0.377 e. The molecule has 0 radical (unpaired) electrons. The Balaban J connectivity index is 1.74. The number of ether oxygens (including phenoxy) is 2. The van der Waals surface area contributed by atoms with Crippen molar-refractivity contribution < 1.29 is 14.3 Å². The van der Waals surface area contributed by atoms with Gasteiger partial charge in [-0.25, -0.2) is 0 Å². The molecule has 2 fully saturated rings. The second kappa shape index (κ2) is 4.07. The molecule has 2 heterocycles. The molecule has 1 atom stereocenters. The van der Waals surface area contributed by atoms with E-state index in [1.54, 1.807) is 0 Å². The van der Waals surface area contributed by atoms with Crippen LogP contribution < -0.4 is 5.32 Å². The first-order valence-corrected chi connectivity index (χ1v) is 4.86. The Labute approximate surface area is 77.6 Å². The summed E-state index contributed by atoms with van der Waals surface area (Å²) in [6.07, 6.45) is 2.82. The number of hydrogen-bond donors (Lipinski definition) is 1. The monoisotopic (exact) mass is 185 g/mol. The molecule has 0 aromatic heterocycles. The Morgan fingerprint density at radius 3 is 2.69 bits per heavy atom. The summed E-state index contributed by atoms with van der Waals surface area (Å²) in [5.41, 5.74) is 0. The third-order valence-electron chi connectivity index (χ3n) is 2.46. The largest absolute Gasteiger partial charge is 0.377 e. The molecule has 2 aliphatic rings. The predicted octanol–water partition coefficient (Wildman–Crippen LogP) is 0.0705. The van der Waals surface area contributed by atoms with Crippen LogP contribution in [0.1, 0.15) is 19.3 Å². The summed E-state index contributed by atoms with van der Waals surface area (Å²) in [6, 6.07) is 0.220. The normalized spacial score (nSPS) is 29.4. The van der Waals surface area contributed by atoms with Crippen LogP contribution in [0.25, 0.3) is 0 Å². The first-order valence-electron chi connectivity index (χ1n) is 4.86. The summed E-state index contributed by atoms with van der Waals surface area (Å²) >= 11 is 0.